The number of halogens is 1. The van der Waals surface area contributed by atoms with Gasteiger partial charge in [0.2, 0.25) is 15.9 Å². The molecule has 0 saturated carbocycles. The van der Waals surface area contributed by atoms with Gasteiger partial charge in [-0.3, -0.25) is 4.79 Å². The molecule has 1 amide bonds. The molecule has 0 spiro atoms. The first-order chi connectivity index (χ1) is 20.3. The number of hydrogen-bond acceptors (Lipinski definition) is 7. The van der Waals surface area contributed by atoms with Crippen molar-refractivity contribution in [2.45, 2.75) is 17.9 Å². The number of nitrogens with one attached hydrogen (secondary N) is 3. The zero-order valence-electron chi connectivity index (χ0n) is 22.7. The van der Waals surface area contributed by atoms with E-state index in [2.05, 4.69) is 25.3 Å². The van der Waals surface area contributed by atoms with Crippen LogP contribution in [0.4, 0.5) is 15.9 Å². The van der Waals surface area contributed by atoms with Gasteiger partial charge in [-0.2, -0.15) is 0 Å². The predicted octanol–water partition coefficient (Wildman–Crippen LogP) is 5.16. The molecule has 0 aliphatic rings. The first-order valence-electron chi connectivity index (χ1n) is 13.1. The molecule has 0 bridgehead atoms. The molecular weight excluding hydrogens is 557 g/mol. The van der Waals surface area contributed by atoms with Gasteiger partial charge in [0.25, 0.3) is 5.91 Å². The molecule has 3 N–H and O–H groups in total. The van der Waals surface area contributed by atoms with Gasteiger partial charge < -0.3 is 15.4 Å². The van der Waals surface area contributed by atoms with Crippen molar-refractivity contribution in [1.29, 1.82) is 0 Å². The summed E-state index contributed by atoms with van der Waals surface area (Å²) in [6, 6.07) is 24.3. The molecule has 214 valence electrons. The fourth-order valence-corrected chi connectivity index (χ4v) is 5.29. The van der Waals surface area contributed by atoms with E-state index in [0.717, 1.165) is 11.1 Å². The summed E-state index contributed by atoms with van der Waals surface area (Å²) in [4.78, 5) is 21.3. The van der Waals surface area contributed by atoms with Gasteiger partial charge >= 0.3 is 0 Å². The topological polar surface area (TPSA) is 122 Å². The van der Waals surface area contributed by atoms with Gasteiger partial charge in [-0.1, -0.05) is 24.3 Å². The van der Waals surface area contributed by atoms with Crippen LogP contribution in [0.15, 0.2) is 102 Å². The first kappa shape index (κ1) is 28.7. The van der Waals surface area contributed by atoms with E-state index >= 15 is 0 Å². The number of hydrogen-bond donors (Lipinski definition) is 3. The Kier molecular flexibility index (Phi) is 8.70. The Bertz CT molecular complexity index is 1810. The number of benzene rings is 3. The van der Waals surface area contributed by atoms with Crippen molar-refractivity contribution >= 4 is 38.2 Å². The Labute approximate surface area is 242 Å². The minimum atomic E-state index is -3.84. The van der Waals surface area contributed by atoms with Crippen LogP contribution < -0.4 is 20.1 Å². The molecule has 0 atom stereocenters. The first-order valence-corrected chi connectivity index (χ1v) is 14.6. The van der Waals surface area contributed by atoms with E-state index in [9.17, 15) is 17.6 Å². The fraction of sp³-hybridized carbons (Fsp3) is 0.129. The van der Waals surface area contributed by atoms with E-state index in [4.69, 9.17) is 4.74 Å². The standard InChI is InChI=1S/C31H28FN5O4S/c1-41-29-4-2-3-25(36-29)16-18-34-30-28-19-27(14-9-22(28)15-17-33-30)42(39,40)35-20-21-5-12-26(13-6-21)37-31(38)23-7-10-24(32)11-8-23/h2-15,17,19,35H,16,18,20H2,1H3,(H,33,34)(H,37,38). The van der Waals surface area contributed by atoms with Crippen LogP contribution in [0, 0.1) is 5.82 Å². The third-order valence-corrected chi connectivity index (χ3v) is 7.90. The lowest BCUT2D eigenvalue weighted by atomic mass is 10.1. The number of ether oxygens (including phenoxy) is 1. The highest BCUT2D eigenvalue weighted by molar-refractivity contribution is 7.89. The fourth-order valence-electron chi connectivity index (χ4n) is 4.25. The van der Waals surface area contributed by atoms with Gasteiger partial charge in [0.1, 0.15) is 11.6 Å². The molecule has 0 aliphatic heterocycles. The average Bonchev–Trinajstić information content (AvgIpc) is 3.01. The maximum atomic E-state index is 13.2. The largest absolute Gasteiger partial charge is 0.481 e. The Balaban J connectivity index is 1.22. The molecule has 11 heteroatoms. The van der Waals surface area contributed by atoms with E-state index in [1.54, 1.807) is 61.8 Å². The summed E-state index contributed by atoms with van der Waals surface area (Å²) in [6.45, 7) is 0.597. The van der Waals surface area contributed by atoms with Gasteiger partial charge in [-0.15, -0.1) is 0 Å². The van der Waals surface area contributed by atoms with Crippen LogP contribution in [-0.4, -0.2) is 37.9 Å². The van der Waals surface area contributed by atoms with Crippen LogP contribution in [0.3, 0.4) is 0 Å². The van der Waals surface area contributed by atoms with Gasteiger partial charge in [0.05, 0.1) is 12.0 Å². The molecule has 42 heavy (non-hydrogen) atoms. The molecule has 0 radical (unpaired) electrons. The minimum Gasteiger partial charge on any atom is -0.481 e. The van der Waals surface area contributed by atoms with Gasteiger partial charge in [-0.05, 0) is 71.6 Å². The summed E-state index contributed by atoms with van der Waals surface area (Å²) in [6.07, 6.45) is 2.30. The molecule has 0 saturated heterocycles. The summed E-state index contributed by atoms with van der Waals surface area (Å²) in [5.74, 6) is 0.322. The quantitative estimate of drug-likeness (QED) is 0.196. The third-order valence-electron chi connectivity index (χ3n) is 6.50. The summed E-state index contributed by atoms with van der Waals surface area (Å²) in [5, 5.41) is 7.55. The summed E-state index contributed by atoms with van der Waals surface area (Å²) < 4.78 is 47.2. The second-order valence-electron chi connectivity index (χ2n) is 9.37. The molecule has 3 aromatic carbocycles. The maximum absolute atomic E-state index is 13.2. The van der Waals surface area contributed by atoms with E-state index < -0.39 is 15.8 Å². The van der Waals surface area contributed by atoms with Crippen molar-refractivity contribution in [3.05, 3.63) is 120 Å². The number of amides is 1. The molecule has 9 nitrogen and oxygen atoms in total. The highest BCUT2D eigenvalue weighted by Crippen LogP contribution is 2.25. The van der Waals surface area contributed by atoms with Crippen LogP contribution in [0.25, 0.3) is 10.8 Å². The number of anilines is 2. The number of carbonyl (C=O) groups excluding carboxylic acids is 1. The molecule has 0 unspecified atom stereocenters. The second-order valence-corrected chi connectivity index (χ2v) is 11.1. The predicted molar refractivity (Wildman–Crippen MR) is 160 cm³/mol. The van der Waals surface area contributed by atoms with Crippen molar-refractivity contribution in [1.82, 2.24) is 14.7 Å². The Morgan fingerprint density at radius 2 is 1.74 bits per heavy atom. The number of pyridine rings is 2. The maximum Gasteiger partial charge on any atom is 0.255 e. The summed E-state index contributed by atoms with van der Waals surface area (Å²) in [5.41, 5.74) is 2.42. The van der Waals surface area contributed by atoms with Crippen LogP contribution in [0.1, 0.15) is 21.6 Å². The minimum absolute atomic E-state index is 0.0538. The van der Waals surface area contributed by atoms with Gasteiger partial charge in [0.15, 0.2) is 0 Å². The van der Waals surface area contributed by atoms with E-state index in [1.165, 1.54) is 24.3 Å². The highest BCUT2D eigenvalue weighted by Gasteiger charge is 2.16. The zero-order chi connectivity index (χ0) is 29.5. The molecule has 2 aromatic heterocycles. The number of nitrogens with zero attached hydrogens (tertiary/aromatic N) is 2. The molecule has 0 fully saturated rings. The van der Waals surface area contributed by atoms with E-state index in [1.807, 2.05) is 18.2 Å². The van der Waals surface area contributed by atoms with Crippen molar-refractivity contribution in [2.75, 3.05) is 24.3 Å². The summed E-state index contributed by atoms with van der Waals surface area (Å²) in [7, 11) is -2.27. The number of aromatic nitrogens is 2. The van der Waals surface area contributed by atoms with Crippen LogP contribution in [0.2, 0.25) is 0 Å². The zero-order valence-corrected chi connectivity index (χ0v) is 23.5. The number of sulfonamides is 1. The lowest BCUT2D eigenvalue weighted by molar-refractivity contribution is 0.102. The highest BCUT2D eigenvalue weighted by atomic mass is 32.2. The average molecular weight is 586 g/mol. The van der Waals surface area contributed by atoms with Crippen LogP contribution >= 0.6 is 0 Å². The van der Waals surface area contributed by atoms with E-state index in [-0.39, 0.29) is 17.3 Å². The molecule has 0 aliphatic carbocycles. The number of methoxy groups -OCH3 is 1. The number of carbonyl (C=O) groups is 1. The monoisotopic (exact) mass is 585 g/mol. The smallest absolute Gasteiger partial charge is 0.255 e. The Morgan fingerprint density at radius 1 is 0.952 bits per heavy atom. The normalized spacial score (nSPS) is 11.3. The number of rotatable bonds is 11. The van der Waals surface area contributed by atoms with Crippen LogP contribution in [-0.2, 0) is 23.0 Å². The van der Waals surface area contributed by atoms with Crippen LogP contribution in [0.5, 0.6) is 5.88 Å². The van der Waals surface area contributed by atoms with E-state index in [0.29, 0.717) is 46.9 Å². The van der Waals surface area contributed by atoms with Gasteiger partial charge in [0, 0.05) is 54.1 Å². The van der Waals surface area contributed by atoms with Crippen molar-refractivity contribution in [3.63, 3.8) is 0 Å². The Morgan fingerprint density at radius 3 is 2.50 bits per heavy atom. The van der Waals surface area contributed by atoms with Crippen molar-refractivity contribution < 1.29 is 22.3 Å². The Hall–Kier alpha value is -4.87. The second kappa shape index (κ2) is 12.8. The molecule has 2 heterocycles. The third kappa shape index (κ3) is 7.06. The lowest BCUT2D eigenvalue weighted by Gasteiger charge is -2.12. The SMILES string of the molecule is COc1cccc(CCNc2nccc3ccc(S(=O)(=O)NCc4ccc(NC(=O)c5ccc(F)cc5)cc4)cc23)n1. The number of fused-ring (bicyclic) bond motifs is 1. The molecule has 5 rings (SSSR count). The molecular formula is C31H28FN5O4S. The van der Waals surface area contributed by atoms with Crippen molar-refractivity contribution in [2.24, 2.45) is 0 Å². The molecule has 5 aromatic rings. The lowest BCUT2D eigenvalue weighted by Crippen LogP contribution is -2.23. The van der Waals surface area contributed by atoms with Crippen molar-refractivity contribution in [3.8, 4) is 5.88 Å². The summed E-state index contributed by atoms with van der Waals surface area (Å²) >= 11 is 0. The van der Waals surface area contributed by atoms with Gasteiger partial charge in [-0.25, -0.2) is 27.5 Å².